The Morgan fingerprint density at radius 1 is 1.47 bits per heavy atom. The number of carbonyl (C=O) groups is 1. The van der Waals surface area contributed by atoms with E-state index < -0.39 is 32.9 Å². The summed E-state index contributed by atoms with van der Waals surface area (Å²) in [6.45, 7) is 2.84. The Balaban J connectivity index is 3.18. The van der Waals surface area contributed by atoms with Crippen molar-refractivity contribution in [2.24, 2.45) is 5.73 Å². The van der Waals surface area contributed by atoms with Crippen molar-refractivity contribution >= 4 is 15.8 Å². The molecule has 106 valence electrons. The van der Waals surface area contributed by atoms with Gasteiger partial charge in [-0.15, -0.1) is 0 Å². The summed E-state index contributed by atoms with van der Waals surface area (Å²) in [4.78, 5) is 10.8. The van der Waals surface area contributed by atoms with Gasteiger partial charge in [-0.2, -0.15) is 0 Å². The first kappa shape index (κ1) is 15.6. The maximum Gasteiger partial charge on any atom is 0.310 e. The van der Waals surface area contributed by atoms with Gasteiger partial charge in [0, 0.05) is 11.3 Å². The van der Waals surface area contributed by atoms with Crippen molar-refractivity contribution in [2.75, 3.05) is 5.75 Å². The van der Waals surface area contributed by atoms with Crippen LogP contribution in [0.4, 0.5) is 4.39 Å². The van der Waals surface area contributed by atoms with E-state index >= 15 is 0 Å². The lowest BCUT2D eigenvalue weighted by molar-refractivity contribution is -0.138. The van der Waals surface area contributed by atoms with E-state index in [4.69, 9.17) is 10.8 Å². The average molecular weight is 289 g/mol. The minimum atomic E-state index is -3.60. The van der Waals surface area contributed by atoms with Crippen LogP contribution in [0, 0.1) is 5.82 Å². The molecule has 0 bridgehead atoms. The molecule has 1 rings (SSSR count). The summed E-state index contributed by atoms with van der Waals surface area (Å²) in [6.07, 6.45) is 0. The molecule has 0 spiro atoms. The van der Waals surface area contributed by atoms with E-state index in [0.29, 0.717) is 0 Å². The molecule has 5 nitrogen and oxygen atoms in total. The number of carboxylic acids is 1. The zero-order chi connectivity index (χ0) is 14.8. The van der Waals surface area contributed by atoms with Gasteiger partial charge in [-0.3, -0.25) is 4.79 Å². The summed E-state index contributed by atoms with van der Waals surface area (Å²) >= 11 is 0. The molecule has 1 aromatic carbocycles. The molecule has 0 saturated carbocycles. The highest BCUT2D eigenvalue weighted by atomic mass is 32.2. The molecule has 0 aliphatic carbocycles. The summed E-state index contributed by atoms with van der Waals surface area (Å²) in [6, 6.07) is 3.61. The van der Waals surface area contributed by atoms with Gasteiger partial charge in [-0.1, -0.05) is 19.1 Å². The first-order chi connectivity index (χ1) is 8.70. The molecule has 0 heterocycles. The van der Waals surface area contributed by atoms with Crippen LogP contribution in [0.5, 0.6) is 0 Å². The predicted octanol–water partition coefficient (Wildman–Crippen LogP) is 1.41. The summed E-state index contributed by atoms with van der Waals surface area (Å²) in [5.41, 5.74) is 5.64. The van der Waals surface area contributed by atoms with Crippen LogP contribution < -0.4 is 5.73 Å². The highest BCUT2D eigenvalue weighted by Crippen LogP contribution is 2.24. The van der Waals surface area contributed by atoms with Gasteiger partial charge in [0.15, 0.2) is 9.84 Å². The summed E-state index contributed by atoms with van der Waals surface area (Å²) < 4.78 is 37.0. The van der Waals surface area contributed by atoms with Crippen molar-refractivity contribution in [3.8, 4) is 0 Å². The summed E-state index contributed by atoms with van der Waals surface area (Å²) in [7, 11) is -3.60. The van der Waals surface area contributed by atoms with E-state index in [0.717, 1.165) is 6.07 Å². The Bertz CT molecular complexity index is 585. The Morgan fingerprint density at radius 3 is 2.47 bits per heavy atom. The summed E-state index contributed by atoms with van der Waals surface area (Å²) in [5.74, 6) is -2.96. The van der Waals surface area contributed by atoms with Crippen molar-refractivity contribution in [2.45, 2.75) is 25.1 Å². The van der Waals surface area contributed by atoms with Gasteiger partial charge >= 0.3 is 5.97 Å². The Kier molecular flexibility index (Phi) is 4.65. The molecular formula is C12H16FNO4S. The number of halogens is 1. The monoisotopic (exact) mass is 289 g/mol. The van der Waals surface area contributed by atoms with Crippen LogP contribution in [0.2, 0.25) is 0 Å². The maximum atomic E-state index is 13.9. The number of hydrogen-bond donors (Lipinski definition) is 2. The second kappa shape index (κ2) is 5.66. The van der Waals surface area contributed by atoms with Crippen molar-refractivity contribution in [1.29, 1.82) is 0 Å². The van der Waals surface area contributed by atoms with Gasteiger partial charge in [-0.05, 0) is 18.6 Å². The van der Waals surface area contributed by atoms with Crippen LogP contribution in [0.15, 0.2) is 18.2 Å². The molecule has 2 unspecified atom stereocenters. The van der Waals surface area contributed by atoms with Crippen LogP contribution in [-0.4, -0.2) is 25.2 Å². The number of carboxylic acid groups (broad SMARTS) is 1. The zero-order valence-corrected chi connectivity index (χ0v) is 11.4. The van der Waals surface area contributed by atoms with Crippen LogP contribution >= 0.6 is 0 Å². The minimum Gasteiger partial charge on any atom is -0.481 e. The lowest BCUT2D eigenvalue weighted by Crippen LogP contribution is -2.24. The van der Waals surface area contributed by atoms with Crippen LogP contribution in [0.3, 0.4) is 0 Å². The number of benzene rings is 1. The minimum absolute atomic E-state index is 0.150. The number of nitrogens with two attached hydrogens (primary N) is 1. The fourth-order valence-corrected chi connectivity index (χ4v) is 2.50. The van der Waals surface area contributed by atoms with Gasteiger partial charge in [0.1, 0.15) is 11.2 Å². The van der Waals surface area contributed by atoms with E-state index in [1.54, 1.807) is 0 Å². The van der Waals surface area contributed by atoms with Crippen LogP contribution in [0.1, 0.15) is 36.3 Å². The third-order valence-corrected chi connectivity index (χ3v) is 4.82. The maximum absolute atomic E-state index is 13.9. The molecule has 0 aliphatic heterocycles. The van der Waals surface area contributed by atoms with E-state index in [1.807, 2.05) is 0 Å². The standard InChI is InChI=1S/C12H16FNO4S/c1-3-19(17,18)11(14)9-5-4-8(6-10(9)13)7(2)12(15)16/h4-7,11H,3,14H2,1-2H3,(H,15,16). The van der Waals surface area contributed by atoms with Crippen LogP contribution in [-0.2, 0) is 14.6 Å². The molecule has 2 atom stereocenters. The predicted molar refractivity (Wildman–Crippen MR) is 68.8 cm³/mol. The van der Waals surface area contributed by atoms with Crippen molar-refractivity contribution in [1.82, 2.24) is 0 Å². The number of aliphatic carboxylic acids is 1. The highest BCUT2D eigenvalue weighted by Gasteiger charge is 2.25. The third kappa shape index (κ3) is 3.30. The number of hydrogen-bond acceptors (Lipinski definition) is 4. The largest absolute Gasteiger partial charge is 0.481 e. The summed E-state index contributed by atoms with van der Waals surface area (Å²) in [5, 5.41) is 7.39. The zero-order valence-electron chi connectivity index (χ0n) is 10.6. The normalized spacial score (nSPS) is 14.9. The Morgan fingerprint density at radius 2 is 2.05 bits per heavy atom. The highest BCUT2D eigenvalue weighted by molar-refractivity contribution is 7.91. The quantitative estimate of drug-likeness (QED) is 0.854. The molecule has 0 fully saturated rings. The van der Waals surface area contributed by atoms with Gasteiger partial charge in [-0.25, -0.2) is 12.8 Å². The smallest absolute Gasteiger partial charge is 0.310 e. The van der Waals surface area contributed by atoms with Gasteiger partial charge in [0.2, 0.25) is 0 Å². The lowest BCUT2D eigenvalue weighted by Gasteiger charge is -2.14. The van der Waals surface area contributed by atoms with E-state index in [1.165, 1.54) is 26.0 Å². The molecule has 7 heteroatoms. The average Bonchev–Trinajstić information content (AvgIpc) is 2.36. The van der Waals surface area contributed by atoms with Gasteiger partial charge in [0.05, 0.1) is 5.92 Å². The van der Waals surface area contributed by atoms with E-state index in [9.17, 15) is 17.6 Å². The Labute approximate surface area is 111 Å². The number of sulfone groups is 1. The topological polar surface area (TPSA) is 97.5 Å². The lowest BCUT2D eigenvalue weighted by atomic mass is 9.99. The van der Waals surface area contributed by atoms with Crippen LogP contribution in [0.25, 0.3) is 0 Å². The van der Waals surface area contributed by atoms with Crippen molar-refractivity contribution in [3.05, 3.63) is 35.1 Å². The second-order valence-corrected chi connectivity index (χ2v) is 6.62. The molecule has 1 aromatic rings. The molecule has 19 heavy (non-hydrogen) atoms. The Hall–Kier alpha value is -1.47. The molecule has 0 aromatic heterocycles. The third-order valence-electron chi connectivity index (χ3n) is 2.99. The van der Waals surface area contributed by atoms with Gasteiger partial charge < -0.3 is 10.8 Å². The van der Waals surface area contributed by atoms with E-state index in [-0.39, 0.29) is 16.9 Å². The van der Waals surface area contributed by atoms with Crippen molar-refractivity contribution < 1.29 is 22.7 Å². The second-order valence-electron chi connectivity index (χ2n) is 4.21. The van der Waals surface area contributed by atoms with Gasteiger partial charge in [0.25, 0.3) is 0 Å². The fourth-order valence-electron chi connectivity index (χ4n) is 1.56. The molecule has 0 radical (unpaired) electrons. The molecular weight excluding hydrogens is 273 g/mol. The molecule has 3 N–H and O–H groups in total. The number of rotatable bonds is 5. The van der Waals surface area contributed by atoms with E-state index in [2.05, 4.69) is 0 Å². The molecule has 0 aliphatic rings. The van der Waals surface area contributed by atoms with Crippen molar-refractivity contribution in [3.63, 3.8) is 0 Å². The first-order valence-corrected chi connectivity index (χ1v) is 7.41. The SMILES string of the molecule is CCS(=O)(=O)C(N)c1ccc(C(C)C(=O)O)cc1F. The molecule has 0 saturated heterocycles. The fraction of sp³-hybridized carbons (Fsp3) is 0.417. The molecule has 0 amide bonds. The first-order valence-electron chi connectivity index (χ1n) is 5.70.